The summed E-state index contributed by atoms with van der Waals surface area (Å²) < 4.78 is 13.0. The number of halogens is 1. The van der Waals surface area contributed by atoms with Crippen molar-refractivity contribution < 1.29 is 18.8 Å². The Morgan fingerprint density at radius 3 is 2.41 bits per heavy atom. The van der Waals surface area contributed by atoms with Gasteiger partial charge in [0.2, 0.25) is 5.91 Å². The largest absolute Gasteiger partial charge is 0.332 e. The second-order valence-corrected chi connectivity index (χ2v) is 6.01. The first-order valence-corrected chi connectivity index (χ1v) is 8.37. The number of nitrogens with zero attached hydrogens (tertiary/aromatic N) is 2. The number of urea groups is 1. The molecule has 1 N–H and O–H groups in total. The Bertz CT molecular complexity index is 868. The fourth-order valence-electron chi connectivity index (χ4n) is 2.92. The lowest BCUT2D eigenvalue weighted by Gasteiger charge is -2.19. The summed E-state index contributed by atoms with van der Waals surface area (Å²) >= 11 is 0. The molecule has 1 fully saturated rings. The quantitative estimate of drug-likeness (QED) is 0.630. The minimum atomic E-state index is -0.934. The monoisotopic (exact) mass is 367 g/mol. The van der Waals surface area contributed by atoms with Crippen LogP contribution < -0.4 is 10.2 Å². The third-order valence-electron chi connectivity index (χ3n) is 4.17. The zero-order valence-electron chi connectivity index (χ0n) is 14.5. The molecular weight excluding hydrogens is 349 g/mol. The molecule has 0 spiro atoms. The standard InChI is InChI=1S/C20H18FN3O3/c1-2-12-23-17(13-18(25)22-15-10-8-14(21)9-11-15)19(26)24(20(23)27)16-6-4-3-5-7-16/h2-11,17H,1,12-13H2,(H,22,25)/t17-/m0/s1. The van der Waals surface area contributed by atoms with Crippen molar-refractivity contribution in [2.45, 2.75) is 12.5 Å². The van der Waals surface area contributed by atoms with Crippen LogP contribution in [0, 0.1) is 5.82 Å². The molecule has 0 saturated carbocycles. The molecule has 0 radical (unpaired) electrons. The van der Waals surface area contributed by atoms with Crippen molar-refractivity contribution in [3.8, 4) is 0 Å². The maximum absolute atomic E-state index is 13.0. The van der Waals surface area contributed by atoms with Crippen molar-refractivity contribution in [2.75, 3.05) is 16.8 Å². The average Bonchev–Trinajstić information content (AvgIpc) is 2.89. The third-order valence-corrected chi connectivity index (χ3v) is 4.17. The van der Waals surface area contributed by atoms with Gasteiger partial charge in [0.15, 0.2) is 0 Å². The number of benzene rings is 2. The summed E-state index contributed by atoms with van der Waals surface area (Å²) in [7, 11) is 0. The van der Waals surface area contributed by atoms with Crippen LogP contribution >= 0.6 is 0 Å². The molecule has 1 aliphatic rings. The zero-order chi connectivity index (χ0) is 19.4. The number of nitrogens with one attached hydrogen (secondary N) is 1. The highest BCUT2D eigenvalue weighted by atomic mass is 19.1. The normalized spacial score (nSPS) is 16.6. The molecule has 1 aliphatic heterocycles. The Hall–Kier alpha value is -3.48. The summed E-state index contributed by atoms with van der Waals surface area (Å²) in [5.41, 5.74) is 0.858. The van der Waals surface area contributed by atoms with E-state index in [2.05, 4.69) is 11.9 Å². The van der Waals surface area contributed by atoms with Crippen LogP contribution in [0.25, 0.3) is 0 Å². The van der Waals surface area contributed by atoms with Crippen LogP contribution in [0.4, 0.5) is 20.6 Å². The number of para-hydroxylation sites is 1. The van der Waals surface area contributed by atoms with E-state index in [0.717, 1.165) is 4.90 Å². The predicted octanol–water partition coefficient (Wildman–Crippen LogP) is 3.18. The van der Waals surface area contributed by atoms with Gasteiger partial charge in [0.05, 0.1) is 12.1 Å². The van der Waals surface area contributed by atoms with Gasteiger partial charge in [0.25, 0.3) is 5.91 Å². The molecule has 2 aromatic rings. The van der Waals surface area contributed by atoms with Gasteiger partial charge in [0.1, 0.15) is 11.9 Å². The molecule has 0 unspecified atom stereocenters. The van der Waals surface area contributed by atoms with Gasteiger partial charge >= 0.3 is 6.03 Å². The van der Waals surface area contributed by atoms with Crippen molar-refractivity contribution >= 4 is 29.2 Å². The summed E-state index contributed by atoms with van der Waals surface area (Å²) in [6.45, 7) is 3.75. The lowest BCUT2D eigenvalue weighted by molar-refractivity contribution is -0.124. The van der Waals surface area contributed by atoms with E-state index in [1.807, 2.05) is 0 Å². The first-order chi connectivity index (χ1) is 13.0. The number of rotatable bonds is 6. The Morgan fingerprint density at radius 2 is 1.78 bits per heavy atom. The summed E-state index contributed by atoms with van der Waals surface area (Å²) in [6, 6.07) is 12.4. The molecule has 1 saturated heterocycles. The van der Waals surface area contributed by atoms with Crippen LogP contribution in [-0.4, -0.2) is 35.3 Å². The second-order valence-electron chi connectivity index (χ2n) is 6.01. The van der Waals surface area contributed by atoms with Crippen LogP contribution in [0.15, 0.2) is 67.3 Å². The zero-order valence-corrected chi connectivity index (χ0v) is 14.5. The molecule has 3 rings (SSSR count). The van der Waals surface area contributed by atoms with Crippen molar-refractivity contribution in [2.24, 2.45) is 0 Å². The van der Waals surface area contributed by atoms with Gasteiger partial charge < -0.3 is 10.2 Å². The maximum Gasteiger partial charge on any atom is 0.332 e. The van der Waals surface area contributed by atoms with Crippen molar-refractivity contribution in [1.29, 1.82) is 0 Å². The van der Waals surface area contributed by atoms with Crippen LogP contribution in [-0.2, 0) is 9.59 Å². The van der Waals surface area contributed by atoms with Crippen LogP contribution in [0.1, 0.15) is 6.42 Å². The van der Waals surface area contributed by atoms with Crippen molar-refractivity contribution in [3.05, 3.63) is 73.1 Å². The molecule has 1 heterocycles. The van der Waals surface area contributed by atoms with E-state index in [0.29, 0.717) is 11.4 Å². The van der Waals surface area contributed by atoms with Gasteiger partial charge in [-0.2, -0.15) is 0 Å². The van der Waals surface area contributed by atoms with Crippen LogP contribution in [0.3, 0.4) is 0 Å². The second kappa shape index (κ2) is 7.82. The highest BCUT2D eigenvalue weighted by molar-refractivity contribution is 6.22. The maximum atomic E-state index is 13.0. The fraction of sp³-hybridized carbons (Fsp3) is 0.150. The Labute approximate surface area is 155 Å². The topological polar surface area (TPSA) is 69.7 Å². The van der Waals surface area contributed by atoms with E-state index < -0.39 is 29.7 Å². The highest BCUT2D eigenvalue weighted by Crippen LogP contribution is 2.26. The van der Waals surface area contributed by atoms with E-state index in [-0.39, 0.29) is 13.0 Å². The van der Waals surface area contributed by atoms with Gasteiger partial charge in [-0.25, -0.2) is 14.1 Å². The molecule has 27 heavy (non-hydrogen) atoms. The number of carbonyl (C=O) groups excluding carboxylic acids is 3. The third kappa shape index (κ3) is 3.87. The molecule has 0 aromatic heterocycles. The van der Waals surface area contributed by atoms with Gasteiger partial charge in [-0.3, -0.25) is 9.59 Å². The first kappa shape index (κ1) is 18.3. The Balaban J connectivity index is 1.78. The highest BCUT2D eigenvalue weighted by Gasteiger charge is 2.46. The molecule has 4 amide bonds. The molecule has 1 atom stereocenters. The van der Waals surface area contributed by atoms with Crippen LogP contribution in [0.2, 0.25) is 0 Å². The number of hydrogen-bond donors (Lipinski definition) is 1. The molecule has 7 heteroatoms. The SMILES string of the molecule is C=CCN1C(=O)N(c2ccccc2)C(=O)[C@@H]1CC(=O)Nc1ccc(F)cc1. The summed E-state index contributed by atoms with van der Waals surface area (Å²) in [5, 5.41) is 2.61. The van der Waals surface area contributed by atoms with E-state index in [9.17, 15) is 18.8 Å². The van der Waals surface area contributed by atoms with E-state index >= 15 is 0 Å². The van der Waals surface area contributed by atoms with Gasteiger partial charge in [0, 0.05) is 12.2 Å². The van der Waals surface area contributed by atoms with Gasteiger partial charge in [-0.15, -0.1) is 6.58 Å². The van der Waals surface area contributed by atoms with E-state index in [1.165, 1.54) is 35.2 Å². The fourth-order valence-corrected chi connectivity index (χ4v) is 2.92. The van der Waals surface area contributed by atoms with Gasteiger partial charge in [-0.05, 0) is 36.4 Å². The minimum absolute atomic E-state index is 0.141. The minimum Gasteiger partial charge on any atom is -0.326 e. The van der Waals surface area contributed by atoms with E-state index in [1.54, 1.807) is 30.3 Å². The Morgan fingerprint density at radius 1 is 1.11 bits per heavy atom. The molecule has 6 nitrogen and oxygen atoms in total. The van der Waals surface area contributed by atoms with Crippen molar-refractivity contribution in [1.82, 2.24) is 4.90 Å². The molecule has 0 bridgehead atoms. The molecule has 138 valence electrons. The number of amides is 4. The number of anilines is 2. The average molecular weight is 367 g/mol. The smallest absolute Gasteiger partial charge is 0.326 e. The predicted molar refractivity (Wildman–Crippen MR) is 99.7 cm³/mol. The van der Waals surface area contributed by atoms with Gasteiger partial charge in [-0.1, -0.05) is 24.3 Å². The van der Waals surface area contributed by atoms with E-state index in [4.69, 9.17) is 0 Å². The Kier molecular flexibility index (Phi) is 5.30. The summed E-state index contributed by atoms with van der Waals surface area (Å²) in [4.78, 5) is 40.3. The van der Waals surface area contributed by atoms with Crippen molar-refractivity contribution in [3.63, 3.8) is 0 Å². The number of hydrogen-bond acceptors (Lipinski definition) is 3. The number of imide groups is 1. The number of carbonyl (C=O) groups is 3. The first-order valence-electron chi connectivity index (χ1n) is 8.37. The lowest BCUT2D eigenvalue weighted by atomic mass is 10.1. The molecule has 2 aromatic carbocycles. The summed E-state index contributed by atoms with van der Waals surface area (Å²) in [6.07, 6.45) is 1.30. The lowest BCUT2D eigenvalue weighted by Crippen LogP contribution is -2.38. The molecule has 0 aliphatic carbocycles. The summed E-state index contributed by atoms with van der Waals surface area (Å²) in [5.74, 6) is -1.33. The van der Waals surface area contributed by atoms with Crippen LogP contribution in [0.5, 0.6) is 0 Å². The molecular formula is C20H18FN3O3.